The number of hydrogen-bond donors (Lipinski definition) is 1. The van der Waals surface area contributed by atoms with Crippen molar-refractivity contribution in [2.24, 2.45) is 0 Å². The van der Waals surface area contributed by atoms with Gasteiger partial charge in [0.1, 0.15) is 17.6 Å². The first-order valence-corrected chi connectivity index (χ1v) is 9.82. The molecule has 1 fully saturated rings. The van der Waals surface area contributed by atoms with Crippen LogP contribution in [0.4, 0.5) is 0 Å². The van der Waals surface area contributed by atoms with Crippen LogP contribution >= 0.6 is 0 Å². The minimum Gasteiger partial charge on any atom is -0.507 e. The summed E-state index contributed by atoms with van der Waals surface area (Å²) in [5.74, 6) is -1.05. The van der Waals surface area contributed by atoms with Crippen molar-refractivity contribution in [3.63, 3.8) is 0 Å². The number of imidazole rings is 1. The van der Waals surface area contributed by atoms with Gasteiger partial charge < -0.3 is 19.0 Å². The molecule has 1 unspecified atom stereocenters. The van der Waals surface area contributed by atoms with Crippen LogP contribution in [-0.4, -0.2) is 37.8 Å². The van der Waals surface area contributed by atoms with E-state index in [4.69, 9.17) is 4.42 Å². The zero-order chi connectivity index (χ0) is 21.3. The standard InChI is InChI=1S/C23H23N3O4/c1-15-6-7-16(2)17(13-15)21(27)19-20(18-5-3-12-30-18)26(23(29)22(19)28)10-4-9-25-11-8-24-14-25/h3,5-8,11-14,20,27H,4,9-10H2,1-2H3/b21-19+. The van der Waals surface area contributed by atoms with Crippen LogP contribution in [0.3, 0.4) is 0 Å². The molecule has 1 atom stereocenters. The van der Waals surface area contributed by atoms with Crippen LogP contribution in [-0.2, 0) is 16.1 Å². The Morgan fingerprint density at radius 2 is 2.03 bits per heavy atom. The molecule has 1 saturated heterocycles. The van der Waals surface area contributed by atoms with Gasteiger partial charge >= 0.3 is 0 Å². The largest absolute Gasteiger partial charge is 0.507 e. The Hall–Kier alpha value is -3.61. The van der Waals surface area contributed by atoms with Crippen LogP contribution in [0.15, 0.2) is 65.3 Å². The normalized spacial score (nSPS) is 18.3. The molecule has 1 amide bonds. The Morgan fingerprint density at radius 1 is 1.20 bits per heavy atom. The number of aryl methyl sites for hydroxylation is 3. The molecule has 4 rings (SSSR count). The van der Waals surface area contributed by atoms with E-state index in [0.717, 1.165) is 11.1 Å². The van der Waals surface area contributed by atoms with E-state index in [1.165, 1.54) is 11.2 Å². The molecular formula is C23H23N3O4. The minimum absolute atomic E-state index is 0.0614. The summed E-state index contributed by atoms with van der Waals surface area (Å²) in [6.07, 6.45) is 7.37. The summed E-state index contributed by atoms with van der Waals surface area (Å²) in [6, 6.07) is 8.30. The third-order valence-corrected chi connectivity index (χ3v) is 5.38. The zero-order valence-electron chi connectivity index (χ0n) is 16.9. The van der Waals surface area contributed by atoms with Crippen molar-refractivity contribution in [3.05, 3.63) is 83.3 Å². The molecule has 7 heteroatoms. The van der Waals surface area contributed by atoms with Gasteiger partial charge in [0.25, 0.3) is 11.7 Å². The number of likely N-dealkylation sites (tertiary alicyclic amines) is 1. The van der Waals surface area contributed by atoms with Crippen molar-refractivity contribution in [2.45, 2.75) is 32.9 Å². The number of carbonyl (C=O) groups is 2. The van der Waals surface area contributed by atoms with Gasteiger partial charge in [0, 0.05) is 31.0 Å². The van der Waals surface area contributed by atoms with Gasteiger partial charge in [0.05, 0.1) is 18.2 Å². The molecule has 0 saturated carbocycles. The zero-order valence-corrected chi connectivity index (χ0v) is 16.9. The van der Waals surface area contributed by atoms with Gasteiger partial charge in [-0.3, -0.25) is 9.59 Å². The number of aliphatic hydroxyl groups is 1. The molecule has 3 aromatic rings. The maximum absolute atomic E-state index is 13.0. The number of furan rings is 1. The van der Waals surface area contributed by atoms with Gasteiger partial charge in [-0.2, -0.15) is 0 Å². The molecule has 1 aliphatic rings. The molecule has 1 aliphatic heterocycles. The summed E-state index contributed by atoms with van der Waals surface area (Å²) in [6.45, 7) is 4.77. The number of aromatic nitrogens is 2. The minimum atomic E-state index is -0.761. The molecule has 30 heavy (non-hydrogen) atoms. The molecule has 0 aliphatic carbocycles. The average Bonchev–Trinajstić information content (AvgIpc) is 3.47. The predicted molar refractivity (Wildman–Crippen MR) is 110 cm³/mol. The van der Waals surface area contributed by atoms with Crippen molar-refractivity contribution in [1.82, 2.24) is 14.5 Å². The summed E-state index contributed by atoms with van der Waals surface area (Å²) < 4.78 is 7.47. The lowest BCUT2D eigenvalue weighted by atomic mass is 9.96. The topological polar surface area (TPSA) is 88.6 Å². The van der Waals surface area contributed by atoms with E-state index in [0.29, 0.717) is 30.8 Å². The maximum Gasteiger partial charge on any atom is 0.295 e. The van der Waals surface area contributed by atoms with Crippen LogP contribution in [0, 0.1) is 13.8 Å². The number of nitrogens with zero attached hydrogens (tertiary/aromatic N) is 3. The highest BCUT2D eigenvalue weighted by Gasteiger charge is 2.47. The lowest BCUT2D eigenvalue weighted by Gasteiger charge is -2.23. The number of amides is 1. The second-order valence-corrected chi connectivity index (χ2v) is 7.48. The van der Waals surface area contributed by atoms with Gasteiger partial charge in [-0.05, 0) is 44.0 Å². The summed E-state index contributed by atoms with van der Waals surface area (Å²) in [4.78, 5) is 31.3. The Kier molecular flexibility index (Phi) is 5.27. The Labute approximate surface area is 174 Å². The average molecular weight is 405 g/mol. The molecule has 1 N–H and O–H groups in total. The number of rotatable bonds is 6. The first-order valence-electron chi connectivity index (χ1n) is 9.82. The van der Waals surface area contributed by atoms with Crippen molar-refractivity contribution < 1.29 is 19.1 Å². The third kappa shape index (κ3) is 3.54. The second-order valence-electron chi connectivity index (χ2n) is 7.48. The van der Waals surface area contributed by atoms with Gasteiger partial charge in [-0.25, -0.2) is 4.98 Å². The molecule has 3 heterocycles. The van der Waals surface area contributed by atoms with Gasteiger partial charge in [-0.1, -0.05) is 17.7 Å². The molecule has 0 spiro atoms. The van der Waals surface area contributed by atoms with Crippen molar-refractivity contribution in [1.29, 1.82) is 0 Å². The van der Waals surface area contributed by atoms with Crippen molar-refractivity contribution in [2.75, 3.05) is 6.54 Å². The molecule has 7 nitrogen and oxygen atoms in total. The molecule has 154 valence electrons. The molecule has 1 aromatic carbocycles. The number of carbonyl (C=O) groups excluding carboxylic acids is 2. The fraction of sp³-hybridized carbons (Fsp3) is 0.261. The first kappa shape index (κ1) is 19.7. The van der Waals surface area contributed by atoms with E-state index in [9.17, 15) is 14.7 Å². The van der Waals surface area contributed by atoms with Crippen LogP contribution in [0.25, 0.3) is 5.76 Å². The van der Waals surface area contributed by atoms with E-state index < -0.39 is 17.7 Å². The lowest BCUT2D eigenvalue weighted by molar-refractivity contribution is -0.140. The fourth-order valence-corrected chi connectivity index (χ4v) is 3.83. The quantitative estimate of drug-likeness (QED) is 0.385. The third-order valence-electron chi connectivity index (χ3n) is 5.38. The number of hydrogen-bond acceptors (Lipinski definition) is 5. The van der Waals surface area contributed by atoms with Gasteiger partial charge in [0.15, 0.2) is 0 Å². The Balaban J connectivity index is 1.73. The second kappa shape index (κ2) is 8.02. The monoisotopic (exact) mass is 405 g/mol. The highest BCUT2D eigenvalue weighted by molar-refractivity contribution is 6.46. The van der Waals surface area contributed by atoms with E-state index in [1.54, 1.807) is 24.7 Å². The smallest absolute Gasteiger partial charge is 0.295 e. The van der Waals surface area contributed by atoms with Crippen LogP contribution < -0.4 is 0 Å². The molecule has 0 radical (unpaired) electrons. The number of benzene rings is 1. The highest BCUT2D eigenvalue weighted by atomic mass is 16.3. The van der Waals surface area contributed by atoms with Crippen LogP contribution in [0.5, 0.6) is 0 Å². The van der Waals surface area contributed by atoms with E-state index in [1.807, 2.05) is 42.8 Å². The van der Waals surface area contributed by atoms with E-state index in [2.05, 4.69) is 4.98 Å². The summed E-state index contributed by atoms with van der Waals surface area (Å²) >= 11 is 0. The molecule has 0 bridgehead atoms. The fourth-order valence-electron chi connectivity index (χ4n) is 3.83. The SMILES string of the molecule is Cc1ccc(C)c(/C(O)=C2\C(=O)C(=O)N(CCCn3ccnc3)C2c2ccco2)c1. The van der Waals surface area contributed by atoms with E-state index in [-0.39, 0.29) is 11.3 Å². The number of aliphatic hydroxyl groups excluding tert-OH is 1. The van der Waals surface area contributed by atoms with Crippen molar-refractivity contribution in [3.8, 4) is 0 Å². The van der Waals surface area contributed by atoms with Gasteiger partial charge in [0.2, 0.25) is 0 Å². The van der Waals surface area contributed by atoms with Crippen molar-refractivity contribution >= 4 is 17.4 Å². The number of Topliss-reactive ketones (excluding diaryl/α,β-unsaturated/α-hetero) is 1. The summed E-state index contributed by atoms with van der Waals surface area (Å²) in [5, 5.41) is 11.1. The molecular weight excluding hydrogens is 382 g/mol. The maximum atomic E-state index is 13.0. The number of ketones is 1. The predicted octanol–water partition coefficient (Wildman–Crippen LogP) is 3.60. The van der Waals surface area contributed by atoms with E-state index >= 15 is 0 Å². The first-order chi connectivity index (χ1) is 14.5. The van der Waals surface area contributed by atoms with Crippen LogP contribution in [0.1, 0.15) is 34.9 Å². The Morgan fingerprint density at radius 3 is 2.73 bits per heavy atom. The summed E-state index contributed by atoms with van der Waals surface area (Å²) in [5.41, 5.74) is 2.38. The summed E-state index contributed by atoms with van der Waals surface area (Å²) in [7, 11) is 0. The van der Waals surface area contributed by atoms with Crippen LogP contribution in [0.2, 0.25) is 0 Å². The van der Waals surface area contributed by atoms with Gasteiger partial charge in [-0.15, -0.1) is 0 Å². The highest BCUT2D eigenvalue weighted by Crippen LogP contribution is 2.40. The lowest BCUT2D eigenvalue weighted by Crippen LogP contribution is -2.31. The molecule has 2 aromatic heterocycles. The Bertz CT molecular complexity index is 1100.